The van der Waals surface area contributed by atoms with Gasteiger partial charge in [-0.05, 0) is 63.4 Å². The number of hydrogen-bond acceptors (Lipinski definition) is 3. The van der Waals surface area contributed by atoms with Gasteiger partial charge in [0, 0.05) is 56.3 Å². The van der Waals surface area contributed by atoms with Gasteiger partial charge >= 0.3 is 0 Å². The molecule has 4 rings (SSSR count). The summed E-state index contributed by atoms with van der Waals surface area (Å²) in [6.45, 7) is 8.74. The summed E-state index contributed by atoms with van der Waals surface area (Å²) >= 11 is 0. The van der Waals surface area contributed by atoms with Crippen molar-refractivity contribution in [3.63, 3.8) is 0 Å². The zero-order valence-corrected chi connectivity index (χ0v) is 18.4. The first-order chi connectivity index (χ1) is 14.9. The molecule has 3 heterocycles. The fourth-order valence-corrected chi connectivity index (χ4v) is 4.68. The first-order valence-corrected chi connectivity index (χ1v) is 11.2. The number of halogens is 1. The highest BCUT2D eigenvalue weighted by molar-refractivity contribution is 5.96. The Bertz CT molecular complexity index is 939. The largest absolute Gasteiger partial charge is 0.342 e. The van der Waals surface area contributed by atoms with Gasteiger partial charge in [-0.2, -0.15) is 0 Å². The summed E-state index contributed by atoms with van der Waals surface area (Å²) in [4.78, 5) is 31.7. The van der Waals surface area contributed by atoms with Crippen LogP contribution < -0.4 is 0 Å². The summed E-state index contributed by atoms with van der Waals surface area (Å²) in [6.07, 6.45) is 3.42. The van der Waals surface area contributed by atoms with Crippen LogP contribution in [0.2, 0.25) is 0 Å². The second kappa shape index (κ2) is 9.22. The van der Waals surface area contributed by atoms with Crippen LogP contribution in [0.5, 0.6) is 0 Å². The maximum atomic E-state index is 13.3. The Labute approximate surface area is 183 Å². The third kappa shape index (κ3) is 4.66. The van der Waals surface area contributed by atoms with E-state index >= 15 is 0 Å². The summed E-state index contributed by atoms with van der Waals surface area (Å²) in [5.74, 6) is -0.0510. The van der Waals surface area contributed by atoms with Crippen molar-refractivity contribution in [1.29, 1.82) is 0 Å². The zero-order valence-electron chi connectivity index (χ0n) is 18.4. The fraction of sp³-hybridized carbons (Fsp3) is 0.500. The first-order valence-electron chi connectivity index (χ1n) is 11.2. The summed E-state index contributed by atoms with van der Waals surface area (Å²) in [5.41, 5.74) is 3.33. The molecule has 2 aromatic rings. The van der Waals surface area contributed by atoms with Crippen molar-refractivity contribution in [3.8, 4) is 5.69 Å². The van der Waals surface area contributed by atoms with Gasteiger partial charge in [0.25, 0.3) is 5.91 Å². The standard InChI is InChI=1S/C24H31FN4O2/c1-18-16-22(19(2)29(18)21-8-6-20(25)7-9-21)24(31)28-14-12-26(13-15-28)17-23(30)27-10-4-3-5-11-27/h6-9,16H,3-5,10-15,17H2,1-2H3. The van der Waals surface area contributed by atoms with Gasteiger partial charge in [-0.15, -0.1) is 0 Å². The molecule has 0 unspecified atom stereocenters. The number of carbonyl (C=O) groups excluding carboxylic acids is 2. The molecule has 2 fully saturated rings. The van der Waals surface area contributed by atoms with Crippen molar-refractivity contribution in [3.05, 3.63) is 53.1 Å². The van der Waals surface area contributed by atoms with Crippen LogP contribution in [0.1, 0.15) is 41.0 Å². The maximum Gasteiger partial charge on any atom is 0.255 e. The van der Waals surface area contributed by atoms with Crippen LogP contribution in [-0.2, 0) is 4.79 Å². The Balaban J connectivity index is 1.38. The topological polar surface area (TPSA) is 48.8 Å². The van der Waals surface area contributed by atoms with Crippen molar-refractivity contribution in [2.45, 2.75) is 33.1 Å². The number of likely N-dealkylation sites (tertiary alicyclic amines) is 1. The third-order valence-electron chi connectivity index (χ3n) is 6.47. The molecule has 2 saturated heterocycles. The van der Waals surface area contributed by atoms with E-state index in [2.05, 4.69) is 4.90 Å². The van der Waals surface area contributed by atoms with Gasteiger partial charge in [-0.1, -0.05) is 0 Å². The molecule has 0 bridgehead atoms. The van der Waals surface area contributed by atoms with Crippen molar-refractivity contribution >= 4 is 11.8 Å². The van der Waals surface area contributed by atoms with Crippen LogP contribution in [0.4, 0.5) is 4.39 Å². The average Bonchev–Trinajstić information content (AvgIpc) is 3.09. The van der Waals surface area contributed by atoms with Crippen molar-refractivity contribution < 1.29 is 14.0 Å². The molecule has 0 spiro atoms. The highest BCUT2D eigenvalue weighted by Gasteiger charge is 2.27. The fourth-order valence-electron chi connectivity index (χ4n) is 4.68. The Morgan fingerprint density at radius 1 is 0.871 bits per heavy atom. The molecule has 0 aliphatic carbocycles. The lowest BCUT2D eigenvalue weighted by molar-refractivity contribution is -0.133. The number of amides is 2. The molecule has 0 saturated carbocycles. The van der Waals surface area contributed by atoms with E-state index in [0.29, 0.717) is 38.3 Å². The van der Waals surface area contributed by atoms with E-state index < -0.39 is 0 Å². The van der Waals surface area contributed by atoms with Crippen LogP contribution in [0.3, 0.4) is 0 Å². The SMILES string of the molecule is Cc1cc(C(=O)N2CCN(CC(=O)N3CCCCC3)CC2)c(C)n1-c1ccc(F)cc1. The van der Waals surface area contributed by atoms with Crippen LogP contribution in [0.15, 0.2) is 30.3 Å². The van der Waals surface area contributed by atoms with Crippen LogP contribution in [0, 0.1) is 19.7 Å². The van der Waals surface area contributed by atoms with E-state index in [1.807, 2.05) is 34.3 Å². The highest BCUT2D eigenvalue weighted by Crippen LogP contribution is 2.23. The molecule has 0 N–H and O–H groups in total. The molecule has 1 aromatic carbocycles. The number of benzene rings is 1. The molecule has 0 atom stereocenters. The molecule has 2 aliphatic rings. The van der Waals surface area contributed by atoms with Gasteiger partial charge in [0.2, 0.25) is 5.91 Å². The van der Waals surface area contributed by atoms with Gasteiger partial charge in [-0.3, -0.25) is 14.5 Å². The van der Waals surface area contributed by atoms with Crippen LogP contribution in [0.25, 0.3) is 5.69 Å². The first kappa shape index (κ1) is 21.6. The van der Waals surface area contributed by atoms with Crippen LogP contribution >= 0.6 is 0 Å². The lowest BCUT2D eigenvalue weighted by atomic mass is 10.1. The third-order valence-corrected chi connectivity index (χ3v) is 6.47. The average molecular weight is 427 g/mol. The molecule has 31 heavy (non-hydrogen) atoms. The van der Waals surface area contributed by atoms with E-state index in [9.17, 15) is 14.0 Å². The Hall–Kier alpha value is -2.67. The quantitative estimate of drug-likeness (QED) is 0.755. The summed E-state index contributed by atoms with van der Waals surface area (Å²) in [6, 6.07) is 8.22. The smallest absolute Gasteiger partial charge is 0.255 e. The van der Waals surface area contributed by atoms with Gasteiger partial charge in [0.05, 0.1) is 12.1 Å². The van der Waals surface area contributed by atoms with Gasteiger partial charge in [0.15, 0.2) is 0 Å². The van der Waals surface area contributed by atoms with Crippen molar-refractivity contribution in [1.82, 2.24) is 19.3 Å². The number of nitrogens with zero attached hydrogens (tertiary/aromatic N) is 4. The number of rotatable bonds is 4. The highest BCUT2D eigenvalue weighted by atomic mass is 19.1. The summed E-state index contributed by atoms with van der Waals surface area (Å²) in [5, 5.41) is 0. The lowest BCUT2D eigenvalue weighted by Gasteiger charge is -2.36. The van der Waals surface area contributed by atoms with Crippen molar-refractivity contribution in [2.75, 3.05) is 45.8 Å². The van der Waals surface area contributed by atoms with Gasteiger partial charge in [0.1, 0.15) is 5.82 Å². The Kier molecular flexibility index (Phi) is 6.41. The number of carbonyl (C=O) groups is 2. The summed E-state index contributed by atoms with van der Waals surface area (Å²) < 4.78 is 15.3. The zero-order chi connectivity index (χ0) is 22.0. The molecular formula is C24H31FN4O2. The Morgan fingerprint density at radius 3 is 2.16 bits per heavy atom. The van der Waals surface area contributed by atoms with Gasteiger partial charge in [-0.25, -0.2) is 4.39 Å². The predicted octanol–water partition coefficient (Wildman–Crippen LogP) is 3.00. The second-order valence-corrected chi connectivity index (χ2v) is 8.61. The minimum Gasteiger partial charge on any atom is -0.342 e. The molecule has 6 nitrogen and oxygen atoms in total. The van der Waals surface area contributed by atoms with E-state index in [4.69, 9.17) is 0 Å². The molecule has 2 aliphatic heterocycles. The Morgan fingerprint density at radius 2 is 1.52 bits per heavy atom. The normalized spacial score (nSPS) is 17.8. The maximum absolute atomic E-state index is 13.3. The molecule has 2 amide bonds. The number of aromatic nitrogens is 1. The second-order valence-electron chi connectivity index (χ2n) is 8.61. The van der Waals surface area contributed by atoms with Crippen molar-refractivity contribution in [2.24, 2.45) is 0 Å². The molecular weight excluding hydrogens is 395 g/mol. The molecule has 7 heteroatoms. The number of piperidine rings is 1. The number of aryl methyl sites for hydroxylation is 1. The predicted molar refractivity (Wildman–Crippen MR) is 118 cm³/mol. The monoisotopic (exact) mass is 426 g/mol. The number of hydrogen-bond donors (Lipinski definition) is 0. The van der Waals surface area contributed by atoms with E-state index in [-0.39, 0.29) is 17.6 Å². The lowest BCUT2D eigenvalue weighted by Crippen LogP contribution is -2.52. The minimum absolute atomic E-state index is 0.0171. The van der Waals surface area contributed by atoms with Gasteiger partial charge < -0.3 is 14.4 Å². The van der Waals surface area contributed by atoms with E-state index in [0.717, 1.165) is 43.0 Å². The minimum atomic E-state index is -0.279. The summed E-state index contributed by atoms with van der Waals surface area (Å²) in [7, 11) is 0. The molecule has 1 aromatic heterocycles. The molecule has 0 radical (unpaired) electrons. The van der Waals surface area contributed by atoms with Crippen LogP contribution in [-0.4, -0.2) is 76.9 Å². The van der Waals surface area contributed by atoms with E-state index in [1.165, 1.54) is 18.6 Å². The number of piperazine rings is 1. The van der Waals surface area contributed by atoms with E-state index in [1.54, 1.807) is 12.1 Å². The molecule has 166 valence electrons.